The molecule has 0 bridgehead atoms. The zero-order chi connectivity index (χ0) is 19.1. The number of para-hydroxylation sites is 1. The minimum atomic E-state index is -0.522. The van der Waals surface area contributed by atoms with Crippen LogP contribution in [0.25, 0.3) is 0 Å². The summed E-state index contributed by atoms with van der Waals surface area (Å²) in [4.78, 5) is 25.4. The van der Waals surface area contributed by atoms with E-state index in [9.17, 15) is 9.59 Å². The van der Waals surface area contributed by atoms with E-state index in [4.69, 9.17) is 15.2 Å². The van der Waals surface area contributed by atoms with Crippen molar-refractivity contribution in [2.45, 2.75) is 12.8 Å². The van der Waals surface area contributed by atoms with E-state index in [2.05, 4.69) is 0 Å². The Morgan fingerprint density at radius 2 is 1.67 bits per heavy atom. The fraction of sp³-hybridized carbons (Fsp3) is 0.333. The van der Waals surface area contributed by atoms with E-state index in [0.717, 1.165) is 18.6 Å². The topological polar surface area (TPSA) is 81.9 Å². The summed E-state index contributed by atoms with van der Waals surface area (Å²) in [6.07, 6.45) is 1.82. The van der Waals surface area contributed by atoms with Gasteiger partial charge in [-0.15, -0.1) is 0 Å². The Balaban J connectivity index is 1.40. The third-order valence-corrected chi connectivity index (χ3v) is 4.68. The van der Waals surface area contributed by atoms with Crippen LogP contribution in [0.15, 0.2) is 54.6 Å². The van der Waals surface area contributed by atoms with Crippen LogP contribution < -0.4 is 15.2 Å². The van der Waals surface area contributed by atoms with Crippen LogP contribution in [0.3, 0.4) is 0 Å². The lowest BCUT2D eigenvalue weighted by Gasteiger charge is -2.31. The number of hydrogen-bond donors (Lipinski definition) is 1. The lowest BCUT2D eigenvalue weighted by molar-refractivity contribution is -0.134. The van der Waals surface area contributed by atoms with Gasteiger partial charge in [0.2, 0.25) is 5.91 Å². The van der Waals surface area contributed by atoms with Crippen molar-refractivity contribution in [1.29, 1.82) is 0 Å². The molecule has 0 spiro atoms. The third kappa shape index (κ3) is 5.48. The van der Waals surface area contributed by atoms with E-state index < -0.39 is 5.91 Å². The molecule has 3 rings (SSSR count). The largest absolute Gasteiger partial charge is 0.493 e. The van der Waals surface area contributed by atoms with Crippen LogP contribution in [0.1, 0.15) is 23.2 Å². The van der Waals surface area contributed by atoms with E-state index in [1.54, 1.807) is 24.3 Å². The van der Waals surface area contributed by atoms with Crippen molar-refractivity contribution < 1.29 is 19.1 Å². The minimum absolute atomic E-state index is 0.0482. The summed E-state index contributed by atoms with van der Waals surface area (Å²) < 4.78 is 11.3. The number of primary amides is 1. The van der Waals surface area contributed by atoms with Crippen molar-refractivity contribution in [3.05, 3.63) is 60.2 Å². The van der Waals surface area contributed by atoms with Gasteiger partial charge in [0.1, 0.15) is 11.5 Å². The second-order valence-corrected chi connectivity index (χ2v) is 6.63. The maximum absolute atomic E-state index is 12.4. The maximum atomic E-state index is 12.4. The smallest absolute Gasteiger partial charge is 0.260 e. The second-order valence-electron chi connectivity index (χ2n) is 6.63. The van der Waals surface area contributed by atoms with Crippen LogP contribution in [0.2, 0.25) is 0 Å². The van der Waals surface area contributed by atoms with Gasteiger partial charge in [0, 0.05) is 18.7 Å². The number of benzene rings is 2. The first-order chi connectivity index (χ1) is 13.1. The number of likely N-dealkylation sites (tertiary alicyclic amines) is 1. The molecule has 0 radical (unpaired) electrons. The predicted octanol–water partition coefficient (Wildman–Crippen LogP) is 2.48. The molecule has 1 aliphatic heterocycles. The Morgan fingerprint density at radius 3 is 2.37 bits per heavy atom. The van der Waals surface area contributed by atoms with Gasteiger partial charge in [-0.05, 0) is 49.1 Å². The Kier molecular flexibility index (Phi) is 6.30. The summed E-state index contributed by atoms with van der Waals surface area (Å²) in [5, 5.41) is 0. The van der Waals surface area contributed by atoms with Crippen LogP contribution in [-0.2, 0) is 4.79 Å². The number of rotatable bonds is 7. The molecule has 27 heavy (non-hydrogen) atoms. The number of carbonyl (C=O) groups excluding carboxylic acids is 2. The molecule has 0 saturated carbocycles. The molecule has 0 atom stereocenters. The van der Waals surface area contributed by atoms with Gasteiger partial charge in [0.05, 0.1) is 6.61 Å². The zero-order valence-corrected chi connectivity index (χ0v) is 15.2. The van der Waals surface area contributed by atoms with Crippen LogP contribution >= 0.6 is 0 Å². The zero-order valence-electron chi connectivity index (χ0n) is 15.2. The highest BCUT2D eigenvalue weighted by Crippen LogP contribution is 2.20. The average molecular weight is 368 g/mol. The van der Waals surface area contributed by atoms with Gasteiger partial charge in [0.15, 0.2) is 6.61 Å². The number of amides is 2. The third-order valence-electron chi connectivity index (χ3n) is 4.68. The van der Waals surface area contributed by atoms with Crippen LogP contribution in [-0.4, -0.2) is 43.0 Å². The lowest BCUT2D eigenvalue weighted by atomic mass is 9.98. The standard InChI is InChI=1S/C21H24N2O4/c22-21(25)17-5-4-8-19(13-17)27-15-20(24)23-11-9-16(10-12-23)14-26-18-6-2-1-3-7-18/h1-8,13,16H,9-12,14-15H2,(H2,22,25). The highest BCUT2D eigenvalue weighted by Gasteiger charge is 2.23. The van der Waals surface area contributed by atoms with Crippen LogP contribution in [0.4, 0.5) is 0 Å². The van der Waals surface area contributed by atoms with Crippen molar-refractivity contribution in [2.75, 3.05) is 26.3 Å². The van der Waals surface area contributed by atoms with Crippen molar-refractivity contribution >= 4 is 11.8 Å². The number of piperidine rings is 1. The maximum Gasteiger partial charge on any atom is 0.260 e. The van der Waals surface area contributed by atoms with Crippen molar-refractivity contribution in [3.63, 3.8) is 0 Å². The Bertz CT molecular complexity index is 771. The monoisotopic (exact) mass is 368 g/mol. The fourth-order valence-corrected chi connectivity index (χ4v) is 3.06. The summed E-state index contributed by atoms with van der Waals surface area (Å²) in [6, 6.07) is 16.3. The van der Waals surface area contributed by atoms with E-state index in [-0.39, 0.29) is 12.5 Å². The van der Waals surface area contributed by atoms with Gasteiger partial charge < -0.3 is 20.1 Å². The summed E-state index contributed by atoms with van der Waals surface area (Å²) in [6.45, 7) is 2.02. The number of carbonyl (C=O) groups is 2. The summed E-state index contributed by atoms with van der Waals surface area (Å²) in [5.41, 5.74) is 5.61. The Morgan fingerprint density at radius 1 is 0.963 bits per heavy atom. The van der Waals surface area contributed by atoms with Gasteiger partial charge in [-0.2, -0.15) is 0 Å². The molecule has 2 aromatic carbocycles. The normalized spacial score (nSPS) is 14.6. The predicted molar refractivity (Wildman–Crippen MR) is 102 cm³/mol. The average Bonchev–Trinajstić information content (AvgIpc) is 2.72. The van der Waals surface area contributed by atoms with Crippen molar-refractivity contribution in [3.8, 4) is 11.5 Å². The molecular formula is C21H24N2O4. The van der Waals surface area contributed by atoms with Gasteiger partial charge in [-0.1, -0.05) is 24.3 Å². The first-order valence-electron chi connectivity index (χ1n) is 9.10. The molecule has 1 aliphatic rings. The molecule has 1 fully saturated rings. The van der Waals surface area contributed by atoms with Crippen molar-refractivity contribution in [1.82, 2.24) is 4.90 Å². The molecule has 2 N–H and O–H groups in total. The van der Waals surface area contributed by atoms with Crippen LogP contribution in [0, 0.1) is 5.92 Å². The molecular weight excluding hydrogens is 344 g/mol. The first kappa shape index (κ1) is 18.8. The highest BCUT2D eigenvalue weighted by molar-refractivity contribution is 5.93. The molecule has 2 aromatic rings. The summed E-state index contributed by atoms with van der Waals surface area (Å²) in [5.74, 6) is 1.21. The molecule has 142 valence electrons. The lowest BCUT2D eigenvalue weighted by Crippen LogP contribution is -2.42. The summed E-state index contributed by atoms with van der Waals surface area (Å²) >= 11 is 0. The molecule has 1 heterocycles. The van der Waals surface area contributed by atoms with E-state index in [1.807, 2.05) is 35.2 Å². The SMILES string of the molecule is NC(=O)c1cccc(OCC(=O)N2CCC(COc3ccccc3)CC2)c1. The molecule has 1 saturated heterocycles. The van der Waals surface area contributed by atoms with Crippen molar-refractivity contribution in [2.24, 2.45) is 11.7 Å². The number of hydrogen-bond acceptors (Lipinski definition) is 4. The highest BCUT2D eigenvalue weighted by atomic mass is 16.5. The second kappa shape index (κ2) is 9.07. The van der Waals surface area contributed by atoms with Gasteiger partial charge in [-0.25, -0.2) is 0 Å². The van der Waals surface area contributed by atoms with E-state index in [1.165, 1.54) is 0 Å². The quantitative estimate of drug-likeness (QED) is 0.814. The van der Waals surface area contributed by atoms with E-state index >= 15 is 0 Å². The molecule has 0 aromatic heterocycles. The summed E-state index contributed by atoms with van der Waals surface area (Å²) in [7, 11) is 0. The number of nitrogens with zero attached hydrogens (tertiary/aromatic N) is 1. The van der Waals surface area contributed by atoms with Gasteiger partial charge >= 0.3 is 0 Å². The number of ether oxygens (including phenoxy) is 2. The molecule has 6 heteroatoms. The fourth-order valence-electron chi connectivity index (χ4n) is 3.06. The minimum Gasteiger partial charge on any atom is -0.493 e. The first-order valence-corrected chi connectivity index (χ1v) is 9.10. The molecule has 0 unspecified atom stereocenters. The Labute approximate surface area is 158 Å². The van der Waals surface area contributed by atoms with Crippen LogP contribution in [0.5, 0.6) is 11.5 Å². The van der Waals surface area contributed by atoms with E-state index in [0.29, 0.717) is 36.9 Å². The van der Waals surface area contributed by atoms with Gasteiger partial charge in [0.25, 0.3) is 5.91 Å². The molecule has 0 aliphatic carbocycles. The van der Waals surface area contributed by atoms with Gasteiger partial charge in [-0.3, -0.25) is 9.59 Å². The Hall–Kier alpha value is -3.02. The molecule has 2 amide bonds. The number of nitrogens with two attached hydrogens (primary N) is 1. The molecule has 6 nitrogen and oxygen atoms in total.